The topological polar surface area (TPSA) is 45.7 Å². The van der Waals surface area contributed by atoms with E-state index in [1.54, 1.807) is 18.3 Å². The second-order valence-corrected chi connectivity index (χ2v) is 6.62. The molecular weight excluding hydrogens is 321 g/mol. The maximum Gasteiger partial charge on any atom is 0.249 e. The van der Waals surface area contributed by atoms with E-state index in [-0.39, 0.29) is 30.5 Å². The number of pyridine rings is 1. The van der Waals surface area contributed by atoms with Gasteiger partial charge in [-0.05, 0) is 29.3 Å². The van der Waals surface area contributed by atoms with Gasteiger partial charge in [0.25, 0.3) is 0 Å². The number of halogens is 1. The van der Waals surface area contributed by atoms with Crippen LogP contribution in [0.5, 0.6) is 0 Å². The minimum absolute atomic E-state index is 0.00574. The Kier molecular flexibility index (Phi) is 4.46. The Morgan fingerprint density at radius 2 is 1.96 bits per heavy atom. The normalized spacial score (nSPS) is 23.7. The Labute approximate surface area is 146 Å². The molecule has 5 nitrogen and oxygen atoms in total. The summed E-state index contributed by atoms with van der Waals surface area (Å²) >= 11 is 0. The number of nitrogens with zero attached hydrogens (tertiary/aromatic N) is 3. The first-order valence-corrected chi connectivity index (χ1v) is 8.46. The van der Waals surface area contributed by atoms with E-state index in [4.69, 9.17) is 4.74 Å². The summed E-state index contributed by atoms with van der Waals surface area (Å²) < 4.78 is 18.9. The highest BCUT2D eigenvalue weighted by Gasteiger charge is 2.42. The van der Waals surface area contributed by atoms with Crippen LogP contribution < -0.4 is 0 Å². The lowest BCUT2D eigenvalue weighted by atomic mass is 10.1. The third kappa shape index (κ3) is 3.55. The first kappa shape index (κ1) is 16.2. The average Bonchev–Trinajstić information content (AvgIpc) is 3.03. The Morgan fingerprint density at radius 1 is 1.12 bits per heavy atom. The van der Waals surface area contributed by atoms with E-state index in [9.17, 15) is 9.18 Å². The molecule has 6 heteroatoms. The monoisotopic (exact) mass is 341 g/mol. The number of rotatable bonds is 4. The van der Waals surface area contributed by atoms with Crippen molar-refractivity contribution < 1.29 is 13.9 Å². The quantitative estimate of drug-likeness (QED) is 0.851. The van der Waals surface area contributed by atoms with Crippen LogP contribution in [0.2, 0.25) is 0 Å². The fourth-order valence-electron chi connectivity index (χ4n) is 3.61. The number of aromatic nitrogens is 1. The number of ether oxygens (including phenoxy) is 1. The summed E-state index contributed by atoms with van der Waals surface area (Å²) in [4.78, 5) is 20.7. The zero-order chi connectivity index (χ0) is 17.2. The van der Waals surface area contributed by atoms with Crippen LogP contribution in [-0.4, -0.2) is 52.5 Å². The lowest BCUT2D eigenvalue weighted by Gasteiger charge is -2.36. The predicted octanol–water partition coefficient (Wildman–Crippen LogP) is 1.83. The highest BCUT2D eigenvalue weighted by molar-refractivity contribution is 5.78. The molecule has 1 aromatic heterocycles. The summed E-state index contributed by atoms with van der Waals surface area (Å²) in [5.74, 6) is -0.271. The number of carbonyl (C=O) groups is 1. The van der Waals surface area contributed by atoms with Crippen molar-refractivity contribution in [1.82, 2.24) is 14.8 Å². The molecule has 25 heavy (non-hydrogen) atoms. The van der Waals surface area contributed by atoms with Gasteiger partial charge < -0.3 is 9.64 Å². The molecule has 0 bridgehead atoms. The molecule has 0 saturated carbocycles. The van der Waals surface area contributed by atoms with E-state index in [2.05, 4.69) is 16.0 Å². The second-order valence-electron chi connectivity index (χ2n) is 6.62. The van der Waals surface area contributed by atoms with Crippen molar-refractivity contribution in [2.24, 2.45) is 0 Å². The van der Waals surface area contributed by atoms with E-state index in [1.165, 1.54) is 12.1 Å². The van der Waals surface area contributed by atoms with E-state index in [0.29, 0.717) is 6.54 Å². The number of amides is 1. The molecule has 0 N–H and O–H groups in total. The minimum atomic E-state index is -0.265. The molecule has 4 rings (SSSR count). The highest BCUT2D eigenvalue weighted by atomic mass is 19.1. The van der Waals surface area contributed by atoms with Gasteiger partial charge in [-0.15, -0.1) is 0 Å². The van der Waals surface area contributed by atoms with Crippen LogP contribution in [-0.2, 0) is 22.6 Å². The van der Waals surface area contributed by atoms with Crippen LogP contribution in [0.3, 0.4) is 0 Å². The number of likely N-dealkylation sites (tertiary alicyclic amines) is 1. The van der Waals surface area contributed by atoms with Gasteiger partial charge >= 0.3 is 0 Å². The van der Waals surface area contributed by atoms with Crippen LogP contribution in [0.1, 0.15) is 11.1 Å². The number of hydrogen-bond donors (Lipinski definition) is 0. The SMILES string of the molecule is O=C1CO[C@@H]2CN(Cc3cccnc3)C[C@H]2N1Cc1ccc(F)cc1. The van der Waals surface area contributed by atoms with Crippen LogP contribution in [0, 0.1) is 5.82 Å². The van der Waals surface area contributed by atoms with Gasteiger partial charge in [0.15, 0.2) is 0 Å². The van der Waals surface area contributed by atoms with Gasteiger partial charge in [0.05, 0.1) is 12.1 Å². The van der Waals surface area contributed by atoms with Crippen LogP contribution >= 0.6 is 0 Å². The predicted molar refractivity (Wildman–Crippen MR) is 90.0 cm³/mol. The summed E-state index contributed by atoms with van der Waals surface area (Å²) in [6, 6.07) is 10.3. The third-order valence-corrected chi connectivity index (χ3v) is 4.85. The first-order valence-electron chi connectivity index (χ1n) is 8.46. The fourth-order valence-corrected chi connectivity index (χ4v) is 3.61. The van der Waals surface area contributed by atoms with E-state index in [1.807, 2.05) is 17.2 Å². The minimum Gasteiger partial charge on any atom is -0.365 e. The Morgan fingerprint density at radius 3 is 2.72 bits per heavy atom. The zero-order valence-electron chi connectivity index (χ0n) is 13.8. The van der Waals surface area contributed by atoms with Crippen LogP contribution in [0.4, 0.5) is 4.39 Å². The molecule has 0 aliphatic carbocycles. The number of carbonyl (C=O) groups excluding carboxylic acids is 1. The van der Waals surface area contributed by atoms with Gasteiger partial charge in [0.2, 0.25) is 5.91 Å². The molecule has 0 spiro atoms. The van der Waals surface area contributed by atoms with Crippen molar-refractivity contribution >= 4 is 5.91 Å². The number of fused-ring (bicyclic) bond motifs is 1. The zero-order valence-corrected chi connectivity index (χ0v) is 13.8. The van der Waals surface area contributed by atoms with Crippen molar-refractivity contribution in [3.05, 3.63) is 65.7 Å². The van der Waals surface area contributed by atoms with E-state index >= 15 is 0 Å². The molecule has 0 unspecified atom stereocenters. The van der Waals surface area contributed by atoms with Gasteiger partial charge in [-0.3, -0.25) is 14.7 Å². The smallest absolute Gasteiger partial charge is 0.249 e. The summed E-state index contributed by atoms with van der Waals surface area (Å²) in [7, 11) is 0. The van der Waals surface area contributed by atoms with Crippen molar-refractivity contribution in [3.63, 3.8) is 0 Å². The molecule has 130 valence electrons. The Hall–Kier alpha value is -2.31. The number of benzene rings is 1. The van der Waals surface area contributed by atoms with Gasteiger partial charge in [0.1, 0.15) is 12.4 Å². The van der Waals surface area contributed by atoms with Gasteiger partial charge in [0, 0.05) is 38.6 Å². The molecule has 2 aromatic rings. The molecule has 1 amide bonds. The average molecular weight is 341 g/mol. The summed E-state index contributed by atoms with van der Waals surface area (Å²) in [5.41, 5.74) is 2.08. The molecular formula is C19H20FN3O2. The largest absolute Gasteiger partial charge is 0.365 e. The molecule has 2 atom stereocenters. The second kappa shape index (κ2) is 6.90. The van der Waals surface area contributed by atoms with Gasteiger partial charge in [-0.25, -0.2) is 4.39 Å². The van der Waals surface area contributed by atoms with Crippen molar-refractivity contribution in [1.29, 1.82) is 0 Å². The van der Waals surface area contributed by atoms with Gasteiger partial charge in [-0.2, -0.15) is 0 Å². The molecule has 3 heterocycles. The van der Waals surface area contributed by atoms with E-state index < -0.39 is 0 Å². The van der Waals surface area contributed by atoms with Crippen molar-refractivity contribution in [2.75, 3.05) is 19.7 Å². The Balaban J connectivity index is 1.46. The van der Waals surface area contributed by atoms with Crippen molar-refractivity contribution in [2.45, 2.75) is 25.2 Å². The van der Waals surface area contributed by atoms with Crippen LogP contribution in [0.25, 0.3) is 0 Å². The summed E-state index contributed by atoms with van der Waals surface area (Å²) in [6.45, 7) is 2.97. The first-order chi connectivity index (χ1) is 12.2. The lowest BCUT2D eigenvalue weighted by Crippen LogP contribution is -2.53. The lowest BCUT2D eigenvalue weighted by molar-refractivity contribution is -0.153. The molecule has 2 saturated heterocycles. The standard InChI is InChI=1S/C19H20FN3O2/c20-16-5-3-14(4-6-16)10-23-17-11-22(9-15-2-1-7-21-8-15)12-18(17)25-13-19(23)24/h1-8,17-18H,9-13H2/t17-,18-/m1/s1. The number of morpholine rings is 1. The maximum absolute atomic E-state index is 13.1. The highest BCUT2D eigenvalue weighted by Crippen LogP contribution is 2.26. The fraction of sp³-hybridized carbons (Fsp3) is 0.368. The number of hydrogen-bond acceptors (Lipinski definition) is 4. The molecule has 2 aliphatic heterocycles. The van der Waals surface area contributed by atoms with Crippen LogP contribution in [0.15, 0.2) is 48.8 Å². The molecule has 2 fully saturated rings. The van der Waals surface area contributed by atoms with Crippen molar-refractivity contribution in [3.8, 4) is 0 Å². The molecule has 2 aliphatic rings. The van der Waals surface area contributed by atoms with E-state index in [0.717, 1.165) is 30.8 Å². The molecule has 0 radical (unpaired) electrons. The van der Waals surface area contributed by atoms with Gasteiger partial charge in [-0.1, -0.05) is 18.2 Å². The summed E-state index contributed by atoms with van der Waals surface area (Å²) in [5, 5.41) is 0. The maximum atomic E-state index is 13.1. The Bertz CT molecular complexity index is 738. The summed E-state index contributed by atoms with van der Waals surface area (Å²) in [6.07, 6.45) is 3.65. The molecule has 1 aromatic carbocycles. The third-order valence-electron chi connectivity index (χ3n) is 4.85.